The molecule has 2 fully saturated rings. The molecule has 1 aromatic rings. The van der Waals surface area contributed by atoms with Gasteiger partial charge < -0.3 is 24.7 Å². The molecule has 1 aromatic carbocycles. The Balaban J connectivity index is 1.61. The van der Waals surface area contributed by atoms with Gasteiger partial charge in [0.05, 0.1) is 5.92 Å². The quantitative estimate of drug-likeness (QED) is 0.710. The van der Waals surface area contributed by atoms with E-state index in [4.69, 9.17) is 5.11 Å². The summed E-state index contributed by atoms with van der Waals surface area (Å²) in [5, 5.41) is 9.07. The number of carboxylic acids is 1. The molecular weight excluding hydrogens is 412 g/mol. The number of carbonyl (C=O) groups excluding carboxylic acids is 3. The number of likely N-dealkylation sites (N-methyl/N-ethyl adjacent to an activating group) is 1. The summed E-state index contributed by atoms with van der Waals surface area (Å²) in [6, 6.07) is 9.73. The fourth-order valence-corrected chi connectivity index (χ4v) is 4.21. The van der Waals surface area contributed by atoms with Gasteiger partial charge in [-0.3, -0.25) is 19.2 Å². The number of benzene rings is 1. The first kappa shape index (κ1) is 23.7. The van der Waals surface area contributed by atoms with Gasteiger partial charge in [-0.05, 0) is 19.0 Å². The van der Waals surface area contributed by atoms with Crippen molar-refractivity contribution in [3.8, 4) is 0 Å². The summed E-state index contributed by atoms with van der Waals surface area (Å²) in [4.78, 5) is 56.2. The van der Waals surface area contributed by atoms with Crippen molar-refractivity contribution in [2.45, 2.75) is 25.8 Å². The topological polar surface area (TPSA) is 101 Å². The molecule has 1 N–H and O–H groups in total. The van der Waals surface area contributed by atoms with Gasteiger partial charge in [0.2, 0.25) is 17.7 Å². The predicted octanol–water partition coefficient (Wildman–Crippen LogP) is 0.503. The molecule has 0 aliphatic carbocycles. The summed E-state index contributed by atoms with van der Waals surface area (Å²) in [6.07, 6.45) is 0.882. The highest BCUT2D eigenvalue weighted by molar-refractivity contribution is 5.89. The minimum atomic E-state index is -1.03. The predicted molar refractivity (Wildman–Crippen MR) is 117 cm³/mol. The van der Waals surface area contributed by atoms with E-state index in [9.17, 15) is 19.2 Å². The van der Waals surface area contributed by atoms with E-state index < -0.39 is 5.97 Å². The summed E-state index contributed by atoms with van der Waals surface area (Å²) in [5.41, 5.74) is 1.04. The van der Waals surface area contributed by atoms with Crippen molar-refractivity contribution in [1.29, 1.82) is 0 Å². The fourth-order valence-electron chi connectivity index (χ4n) is 4.21. The number of nitrogens with zero attached hydrogens (tertiary/aromatic N) is 4. The van der Waals surface area contributed by atoms with Crippen molar-refractivity contribution >= 4 is 23.7 Å². The average Bonchev–Trinajstić information content (AvgIpc) is 3.12. The zero-order valence-electron chi connectivity index (χ0n) is 18.6. The number of carbonyl (C=O) groups is 4. The molecule has 1 unspecified atom stereocenters. The van der Waals surface area contributed by atoms with Gasteiger partial charge in [0.15, 0.2) is 0 Å². The number of amides is 3. The van der Waals surface area contributed by atoms with Gasteiger partial charge in [-0.1, -0.05) is 30.3 Å². The second-order valence-corrected chi connectivity index (χ2v) is 8.60. The number of rotatable bonds is 5. The van der Waals surface area contributed by atoms with Crippen LogP contribution in [0.15, 0.2) is 30.3 Å². The van der Waals surface area contributed by atoms with Crippen molar-refractivity contribution in [1.82, 2.24) is 19.6 Å². The van der Waals surface area contributed by atoms with Crippen LogP contribution < -0.4 is 0 Å². The molecule has 0 radical (unpaired) electrons. The normalized spacial score (nSPS) is 21.5. The smallest absolute Gasteiger partial charge is 0.323 e. The van der Waals surface area contributed by atoms with Crippen LogP contribution in [0.5, 0.6) is 0 Å². The molecule has 32 heavy (non-hydrogen) atoms. The lowest BCUT2D eigenvalue weighted by atomic mass is 10.1. The van der Waals surface area contributed by atoms with Crippen LogP contribution in [0.1, 0.15) is 24.8 Å². The van der Waals surface area contributed by atoms with Gasteiger partial charge in [0.25, 0.3) is 0 Å². The Kier molecular flexibility index (Phi) is 8.21. The molecule has 9 nitrogen and oxygen atoms in total. The van der Waals surface area contributed by atoms with Crippen LogP contribution in [0.4, 0.5) is 0 Å². The van der Waals surface area contributed by atoms with Gasteiger partial charge in [0.1, 0.15) is 6.54 Å². The van der Waals surface area contributed by atoms with Gasteiger partial charge in [0, 0.05) is 58.7 Å². The molecule has 9 heteroatoms. The highest BCUT2D eigenvalue weighted by atomic mass is 16.4. The van der Waals surface area contributed by atoms with Crippen molar-refractivity contribution in [3.63, 3.8) is 0 Å². The van der Waals surface area contributed by atoms with Gasteiger partial charge in [-0.15, -0.1) is 0 Å². The summed E-state index contributed by atoms with van der Waals surface area (Å²) in [6.45, 7) is 3.04. The standard InChI is InChI=1S/C23H32N4O5/c1-24-10-12-25(9-5-8-20(28)26(13-11-24)17-22(30)31)23(32)19-14-21(29)27(16-19)15-18-6-3-2-4-7-18/h2-4,6-7,19H,5,8-17H2,1H3,(H,30,31). The molecule has 0 saturated carbocycles. The van der Waals surface area contributed by atoms with Crippen LogP contribution in [-0.2, 0) is 25.7 Å². The highest BCUT2D eigenvalue weighted by Gasteiger charge is 2.36. The van der Waals surface area contributed by atoms with Crippen molar-refractivity contribution in [3.05, 3.63) is 35.9 Å². The second kappa shape index (κ2) is 11.1. The Morgan fingerprint density at radius 1 is 0.969 bits per heavy atom. The van der Waals surface area contributed by atoms with Crippen LogP contribution in [0.3, 0.4) is 0 Å². The van der Waals surface area contributed by atoms with Gasteiger partial charge >= 0.3 is 5.97 Å². The first-order chi connectivity index (χ1) is 15.3. The SMILES string of the molecule is CN1CCN(CC(=O)O)C(=O)CCCN(C(=O)C2CC(=O)N(Cc3ccccc3)C2)CC1. The fraction of sp³-hybridized carbons (Fsp3) is 0.565. The average molecular weight is 445 g/mol. The van der Waals surface area contributed by atoms with E-state index in [1.54, 1.807) is 9.80 Å². The maximum Gasteiger partial charge on any atom is 0.323 e. The number of hydrogen-bond donors (Lipinski definition) is 1. The van der Waals surface area contributed by atoms with E-state index in [0.29, 0.717) is 52.2 Å². The first-order valence-corrected chi connectivity index (χ1v) is 11.1. The number of aliphatic carboxylic acids is 1. The second-order valence-electron chi connectivity index (χ2n) is 8.60. The summed E-state index contributed by atoms with van der Waals surface area (Å²) in [7, 11) is 1.89. The molecule has 174 valence electrons. The maximum atomic E-state index is 13.2. The molecule has 1 atom stereocenters. The van der Waals surface area contributed by atoms with Crippen LogP contribution in [0.2, 0.25) is 0 Å². The van der Waals surface area contributed by atoms with Gasteiger partial charge in [-0.2, -0.15) is 0 Å². The van der Waals surface area contributed by atoms with E-state index in [0.717, 1.165) is 5.56 Å². The summed E-state index contributed by atoms with van der Waals surface area (Å²) >= 11 is 0. The van der Waals surface area contributed by atoms with Crippen molar-refractivity contribution in [2.75, 3.05) is 52.9 Å². The van der Waals surface area contributed by atoms with Crippen LogP contribution in [0, 0.1) is 5.92 Å². The molecule has 2 aliphatic heterocycles. The largest absolute Gasteiger partial charge is 0.480 e. The Morgan fingerprint density at radius 3 is 2.41 bits per heavy atom. The van der Waals surface area contributed by atoms with Crippen molar-refractivity contribution < 1.29 is 24.3 Å². The van der Waals surface area contributed by atoms with Crippen molar-refractivity contribution in [2.24, 2.45) is 5.92 Å². The minimum Gasteiger partial charge on any atom is -0.480 e. The Labute approximate surface area is 188 Å². The third kappa shape index (κ3) is 6.53. The third-order valence-electron chi connectivity index (χ3n) is 6.09. The third-order valence-corrected chi connectivity index (χ3v) is 6.09. The van der Waals surface area contributed by atoms with E-state index >= 15 is 0 Å². The molecule has 0 bridgehead atoms. The number of carboxylic acid groups (broad SMARTS) is 1. The molecule has 2 aliphatic rings. The van der Waals surface area contributed by atoms with Crippen LogP contribution >= 0.6 is 0 Å². The summed E-state index contributed by atoms with van der Waals surface area (Å²) < 4.78 is 0. The Morgan fingerprint density at radius 2 is 1.69 bits per heavy atom. The van der Waals surface area contributed by atoms with Crippen LogP contribution in [-0.4, -0.2) is 101 Å². The lowest BCUT2D eigenvalue weighted by Gasteiger charge is -2.27. The Hall–Kier alpha value is -2.94. The summed E-state index contributed by atoms with van der Waals surface area (Å²) in [5.74, 6) is -1.67. The lowest BCUT2D eigenvalue weighted by Crippen LogP contribution is -2.43. The van der Waals surface area contributed by atoms with E-state index in [-0.39, 0.29) is 43.0 Å². The van der Waals surface area contributed by atoms with Crippen LogP contribution in [0.25, 0.3) is 0 Å². The van der Waals surface area contributed by atoms with E-state index in [2.05, 4.69) is 0 Å². The first-order valence-electron chi connectivity index (χ1n) is 11.1. The van der Waals surface area contributed by atoms with E-state index in [1.165, 1.54) is 4.90 Å². The van der Waals surface area contributed by atoms with Gasteiger partial charge in [-0.25, -0.2) is 0 Å². The molecular formula is C23H32N4O5. The van der Waals surface area contributed by atoms with E-state index in [1.807, 2.05) is 42.3 Å². The number of hydrogen-bond acceptors (Lipinski definition) is 5. The molecule has 3 amide bonds. The zero-order valence-corrected chi connectivity index (χ0v) is 18.6. The molecule has 3 rings (SSSR count). The highest BCUT2D eigenvalue weighted by Crippen LogP contribution is 2.22. The Bertz CT molecular complexity index is 831. The molecule has 0 aromatic heterocycles. The minimum absolute atomic E-state index is 0.0123. The monoisotopic (exact) mass is 444 g/mol. The molecule has 2 heterocycles. The zero-order chi connectivity index (χ0) is 23.1. The molecule has 2 saturated heterocycles. The lowest BCUT2D eigenvalue weighted by molar-refractivity contribution is -0.144. The maximum absolute atomic E-state index is 13.2. The molecule has 0 spiro atoms. The number of likely N-dealkylation sites (tertiary alicyclic amines) is 1.